The van der Waals surface area contributed by atoms with Gasteiger partial charge in [-0.05, 0) is 50.0 Å². The van der Waals surface area contributed by atoms with Crippen molar-refractivity contribution in [3.8, 4) is 0 Å². The van der Waals surface area contributed by atoms with Crippen LogP contribution in [0.5, 0.6) is 0 Å². The molecule has 0 spiro atoms. The number of benzene rings is 1. The highest BCUT2D eigenvalue weighted by Gasteiger charge is 2.28. The number of hydrogen-bond acceptors (Lipinski definition) is 6. The van der Waals surface area contributed by atoms with Crippen molar-refractivity contribution in [2.45, 2.75) is 55.4 Å². The molecule has 0 amide bonds. The fourth-order valence-corrected chi connectivity index (χ4v) is 5.34. The van der Waals surface area contributed by atoms with Crippen molar-refractivity contribution in [3.05, 3.63) is 18.2 Å². The lowest BCUT2D eigenvalue weighted by atomic mass is 9.93. The molecular formula is C18H31N3O4S2. The van der Waals surface area contributed by atoms with Crippen LogP contribution in [0.1, 0.15) is 39.5 Å². The van der Waals surface area contributed by atoms with Crippen molar-refractivity contribution in [2.24, 2.45) is 11.1 Å². The van der Waals surface area contributed by atoms with E-state index >= 15 is 0 Å². The van der Waals surface area contributed by atoms with Gasteiger partial charge in [-0.15, -0.1) is 0 Å². The van der Waals surface area contributed by atoms with Gasteiger partial charge in [0, 0.05) is 18.8 Å². The summed E-state index contributed by atoms with van der Waals surface area (Å²) in [7, 11) is -7.58. The second-order valence-corrected chi connectivity index (χ2v) is 10.8. The Morgan fingerprint density at radius 2 is 1.70 bits per heavy atom. The van der Waals surface area contributed by atoms with E-state index in [9.17, 15) is 16.8 Å². The SMILES string of the molecule is CCC(CC)C(CNc1ccc(S(N)(=O)=O)cc1S(C)(=O)=O)N1CCCC1. The first kappa shape index (κ1) is 22.1. The third-order valence-corrected chi connectivity index (χ3v) is 7.43. The summed E-state index contributed by atoms with van der Waals surface area (Å²) < 4.78 is 47.6. The van der Waals surface area contributed by atoms with Crippen LogP contribution in [-0.2, 0) is 19.9 Å². The van der Waals surface area contributed by atoms with Gasteiger partial charge in [0.15, 0.2) is 9.84 Å². The molecule has 154 valence electrons. The van der Waals surface area contributed by atoms with E-state index in [0.717, 1.165) is 38.3 Å². The van der Waals surface area contributed by atoms with Crippen molar-refractivity contribution in [1.82, 2.24) is 4.90 Å². The smallest absolute Gasteiger partial charge is 0.238 e. The van der Waals surface area contributed by atoms with Crippen LogP contribution in [0.4, 0.5) is 5.69 Å². The maximum absolute atomic E-state index is 12.2. The van der Waals surface area contributed by atoms with Crippen LogP contribution >= 0.6 is 0 Å². The first-order valence-corrected chi connectivity index (χ1v) is 12.9. The van der Waals surface area contributed by atoms with Crippen LogP contribution in [0.2, 0.25) is 0 Å². The van der Waals surface area contributed by atoms with Crippen molar-refractivity contribution in [3.63, 3.8) is 0 Å². The fourth-order valence-electron chi connectivity index (χ4n) is 3.85. The maximum Gasteiger partial charge on any atom is 0.238 e. The van der Waals surface area contributed by atoms with Crippen LogP contribution in [0.15, 0.2) is 28.0 Å². The van der Waals surface area contributed by atoms with Crippen molar-refractivity contribution < 1.29 is 16.8 Å². The van der Waals surface area contributed by atoms with E-state index in [0.29, 0.717) is 24.2 Å². The minimum Gasteiger partial charge on any atom is -0.382 e. The van der Waals surface area contributed by atoms with Crippen molar-refractivity contribution in [1.29, 1.82) is 0 Å². The Morgan fingerprint density at radius 1 is 1.11 bits per heavy atom. The summed E-state index contributed by atoms with van der Waals surface area (Å²) in [5.74, 6) is 0.515. The van der Waals surface area contributed by atoms with Gasteiger partial charge in [0.2, 0.25) is 10.0 Å². The molecule has 7 nitrogen and oxygen atoms in total. The van der Waals surface area contributed by atoms with Gasteiger partial charge in [-0.25, -0.2) is 22.0 Å². The van der Waals surface area contributed by atoms with Gasteiger partial charge in [0.1, 0.15) is 0 Å². The molecule has 0 bridgehead atoms. The van der Waals surface area contributed by atoms with Gasteiger partial charge in [0.05, 0.1) is 15.5 Å². The molecule has 2 rings (SSSR count). The third-order valence-electron chi connectivity index (χ3n) is 5.39. The summed E-state index contributed by atoms with van der Waals surface area (Å²) in [6, 6.07) is 4.28. The standard InChI is InChI=1S/C18H31N3O4S2/c1-4-14(5-2)17(21-10-6-7-11-21)13-20-16-9-8-15(27(19,24)25)12-18(16)26(3,22)23/h8-9,12,14,17,20H,4-7,10-11,13H2,1-3H3,(H2,19,24,25). The van der Waals surface area contributed by atoms with Gasteiger partial charge in [-0.1, -0.05) is 26.7 Å². The number of nitrogens with zero attached hydrogens (tertiary/aromatic N) is 1. The van der Waals surface area contributed by atoms with Gasteiger partial charge in [0.25, 0.3) is 0 Å². The van der Waals surface area contributed by atoms with Gasteiger partial charge in [-0.3, -0.25) is 4.90 Å². The van der Waals surface area contributed by atoms with Crippen LogP contribution in [-0.4, -0.2) is 53.7 Å². The van der Waals surface area contributed by atoms with Crippen molar-refractivity contribution >= 4 is 25.5 Å². The number of anilines is 1. The molecule has 0 aliphatic carbocycles. The Labute approximate surface area is 163 Å². The summed E-state index contributed by atoms with van der Waals surface area (Å²) >= 11 is 0. The highest BCUT2D eigenvalue weighted by Crippen LogP contribution is 2.27. The largest absolute Gasteiger partial charge is 0.382 e. The first-order valence-electron chi connectivity index (χ1n) is 9.42. The first-order chi connectivity index (χ1) is 12.6. The fraction of sp³-hybridized carbons (Fsp3) is 0.667. The molecule has 27 heavy (non-hydrogen) atoms. The summed E-state index contributed by atoms with van der Waals surface area (Å²) in [6.07, 6.45) is 5.56. The number of sulfonamides is 1. The summed E-state index contributed by atoms with van der Waals surface area (Å²) in [6.45, 7) is 7.10. The minimum absolute atomic E-state index is 0.0428. The zero-order valence-corrected chi connectivity index (χ0v) is 17.9. The highest BCUT2D eigenvalue weighted by atomic mass is 32.2. The molecular weight excluding hydrogens is 386 g/mol. The van der Waals surface area contributed by atoms with Gasteiger partial charge < -0.3 is 5.32 Å². The molecule has 1 aromatic rings. The number of nitrogens with one attached hydrogen (secondary N) is 1. The molecule has 3 N–H and O–H groups in total. The third kappa shape index (κ3) is 5.66. The average molecular weight is 418 g/mol. The molecule has 9 heteroatoms. The molecule has 1 unspecified atom stereocenters. The molecule has 1 aliphatic heterocycles. The highest BCUT2D eigenvalue weighted by molar-refractivity contribution is 7.91. The molecule has 1 saturated heterocycles. The number of primary sulfonamides is 1. The van der Waals surface area contributed by atoms with E-state index in [4.69, 9.17) is 5.14 Å². The van der Waals surface area contributed by atoms with Crippen LogP contribution < -0.4 is 10.5 Å². The normalized spacial score (nSPS) is 17.4. The van der Waals surface area contributed by atoms with E-state index in [1.807, 2.05) is 0 Å². The number of hydrogen-bond donors (Lipinski definition) is 2. The molecule has 0 saturated carbocycles. The average Bonchev–Trinajstić information content (AvgIpc) is 3.11. The molecule has 1 atom stereocenters. The zero-order chi connectivity index (χ0) is 20.2. The van der Waals surface area contributed by atoms with E-state index < -0.39 is 19.9 Å². The van der Waals surface area contributed by atoms with E-state index in [2.05, 4.69) is 24.1 Å². The molecule has 1 fully saturated rings. The second kappa shape index (κ2) is 8.89. The van der Waals surface area contributed by atoms with E-state index in [1.165, 1.54) is 25.0 Å². The van der Waals surface area contributed by atoms with Gasteiger partial charge >= 0.3 is 0 Å². The number of nitrogens with two attached hydrogens (primary N) is 1. The lowest BCUT2D eigenvalue weighted by molar-refractivity contribution is 0.175. The summed E-state index contributed by atoms with van der Waals surface area (Å²) in [5, 5.41) is 8.42. The molecule has 0 radical (unpaired) electrons. The monoisotopic (exact) mass is 417 g/mol. The lowest BCUT2D eigenvalue weighted by Gasteiger charge is -2.34. The Bertz CT molecular complexity index is 841. The predicted molar refractivity (Wildman–Crippen MR) is 108 cm³/mol. The van der Waals surface area contributed by atoms with E-state index in [1.54, 1.807) is 0 Å². The molecule has 1 heterocycles. The Hall–Kier alpha value is -1.16. The van der Waals surface area contributed by atoms with Crippen LogP contribution in [0.3, 0.4) is 0 Å². The molecule has 0 aromatic heterocycles. The van der Waals surface area contributed by atoms with Crippen molar-refractivity contribution in [2.75, 3.05) is 31.2 Å². The Kier molecular flexibility index (Phi) is 7.29. The summed E-state index contributed by atoms with van der Waals surface area (Å²) in [5.41, 5.74) is 0.417. The topological polar surface area (TPSA) is 110 Å². The Balaban J connectivity index is 2.31. The Morgan fingerprint density at radius 3 is 2.19 bits per heavy atom. The maximum atomic E-state index is 12.2. The molecule has 1 aliphatic rings. The number of likely N-dealkylation sites (tertiary alicyclic amines) is 1. The number of sulfone groups is 1. The lowest BCUT2D eigenvalue weighted by Crippen LogP contribution is -2.43. The predicted octanol–water partition coefficient (Wildman–Crippen LogP) is 2.05. The molecule has 1 aromatic carbocycles. The number of rotatable bonds is 9. The second-order valence-electron chi connectivity index (χ2n) is 7.24. The van der Waals surface area contributed by atoms with Crippen LogP contribution in [0.25, 0.3) is 0 Å². The van der Waals surface area contributed by atoms with Crippen LogP contribution in [0, 0.1) is 5.92 Å². The van der Waals surface area contributed by atoms with E-state index in [-0.39, 0.29) is 9.79 Å². The quantitative estimate of drug-likeness (QED) is 0.636. The van der Waals surface area contributed by atoms with Gasteiger partial charge in [-0.2, -0.15) is 0 Å². The zero-order valence-electron chi connectivity index (χ0n) is 16.3. The minimum atomic E-state index is -3.97. The summed E-state index contributed by atoms with van der Waals surface area (Å²) in [4.78, 5) is 2.23.